The van der Waals surface area contributed by atoms with Gasteiger partial charge in [0.05, 0.1) is 7.11 Å². The second-order valence-corrected chi connectivity index (χ2v) is 6.70. The first kappa shape index (κ1) is 16.1. The highest BCUT2D eigenvalue weighted by molar-refractivity contribution is 5.49. The van der Waals surface area contributed by atoms with Crippen LogP contribution in [0.15, 0.2) is 24.3 Å². The molecule has 21 heavy (non-hydrogen) atoms. The predicted octanol–water partition coefficient (Wildman–Crippen LogP) is 2.21. The Morgan fingerprint density at radius 2 is 1.67 bits per heavy atom. The van der Waals surface area contributed by atoms with E-state index < -0.39 is 0 Å². The molecule has 1 aromatic rings. The van der Waals surface area contributed by atoms with Gasteiger partial charge in [0.25, 0.3) is 0 Å². The lowest BCUT2D eigenvalue weighted by molar-refractivity contribution is 0.248. The molecular formula is C17H29N3O. The maximum atomic E-state index is 5.21. The Morgan fingerprint density at radius 1 is 1.05 bits per heavy atom. The predicted molar refractivity (Wildman–Crippen MR) is 89.4 cm³/mol. The van der Waals surface area contributed by atoms with Crippen molar-refractivity contribution in [2.45, 2.75) is 26.3 Å². The van der Waals surface area contributed by atoms with E-state index >= 15 is 0 Å². The van der Waals surface area contributed by atoms with E-state index in [1.807, 2.05) is 12.1 Å². The summed E-state index contributed by atoms with van der Waals surface area (Å²) in [6.45, 7) is 13.3. The van der Waals surface area contributed by atoms with Crippen LogP contribution in [0.3, 0.4) is 0 Å². The van der Waals surface area contributed by atoms with E-state index in [9.17, 15) is 0 Å². The summed E-state index contributed by atoms with van der Waals surface area (Å²) in [6.07, 6.45) is 0. The largest absolute Gasteiger partial charge is 0.497 e. The number of anilines is 1. The molecular weight excluding hydrogens is 262 g/mol. The number of methoxy groups -OCH3 is 1. The maximum absolute atomic E-state index is 5.21. The third-order valence-corrected chi connectivity index (χ3v) is 3.89. The highest BCUT2D eigenvalue weighted by atomic mass is 16.5. The van der Waals surface area contributed by atoms with Crippen LogP contribution < -0.4 is 15.0 Å². The number of rotatable bonds is 5. The van der Waals surface area contributed by atoms with Crippen molar-refractivity contribution < 1.29 is 4.74 Å². The van der Waals surface area contributed by atoms with Crippen molar-refractivity contribution >= 4 is 5.69 Å². The van der Waals surface area contributed by atoms with Crippen molar-refractivity contribution in [1.29, 1.82) is 0 Å². The number of ether oxygens (including phenoxy) is 1. The molecule has 2 rings (SSSR count). The molecule has 0 aromatic heterocycles. The summed E-state index contributed by atoms with van der Waals surface area (Å²) in [7, 11) is 1.71. The zero-order chi connectivity index (χ0) is 15.3. The monoisotopic (exact) mass is 291 g/mol. The SMILES string of the molecule is COc1ccc(N2CCN(CCNC(C)(C)C)CC2)cc1. The van der Waals surface area contributed by atoms with Crippen molar-refractivity contribution in [2.75, 3.05) is 51.3 Å². The Balaban J connectivity index is 1.74. The lowest BCUT2D eigenvalue weighted by atomic mass is 10.1. The average molecular weight is 291 g/mol. The fraction of sp³-hybridized carbons (Fsp3) is 0.647. The van der Waals surface area contributed by atoms with E-state index in [1.54, 1.807) is 7.11 Å². The van der Waals surface area contributed by atoms with Crippen LogP contribution in [0.25, 0.3) is 0 Å². The maximum Gasteiger partial charge on any atom is 0.119 e. The smallest absolute Gasteiger partial charge is 0.119 e. The van der Waals surface area contributed by atoms with Crippen LogP contribution >= 0.6 is 0 Å². The Kier molecular flexibility index (Phi) is 5.48. The van der Waals surface area contributed by atoms with Gasteiger partial charge in [0.2, 0.25) is 0 Å². The van der Waals surface area contributed by atoms with E-state index in [-0.39, 0.29) is 5.54 Å². The van der Waals surface area contributed by atoms with Gasteiger partial charge in [-0.05, 0) is 45.0 Å². The number of hydrogen-bond acceptors (Lipinski definition) is 4. The van der Waals surface area contributed by atoms with Gasteiger partial charge in [0, 0.05) is 50.5 Å². The van der Waals surface area contributed by atoms with Gasteiger partial charge >= 0.3 is 0 Å². The minimum atomic E-state index is 0.213. The first-order valence-corrected chi connectivity index (χ1v) is 7.84. The van der Waals surface area contributed by atoms with E-state index in [0.29, 0.717) is 0 Å². The Bertz CT molecular complexity index is 417. The molecule has 1 fully saturated rings. The molecule has 4 heteroatoms. The number of hydrogen-bond donors (Lipinski definition) is 1. The topological polar surface area (TPSA) is 27.7 Å². The second-order valence-electron chi connectivity index (χ2n) is 6.70. The molecule has 1 heterocycles. The van der Waals surface area contributed by atoms with Gasteiger partial charge in [-0.3, -0.25) is 4.90 Å². The highest BCUT2D eigenvalue weighted by Gasteiger charge is 2.17. The van der Waals surface area contributed by atoms with Crippen molar-refractivity contribution in [3.63, 3.8) is 0 Å². The van der Waals surface area contributed by atoms with Gasteiger partial charge < -0.3 is 15.0 Å². The zero-order valence-corrected chi connectivity index (χ0v) is 13.9. The zero-order valence-electron chi connectivity index (χ0n) is 13.9. The summed E-state index contributed by atoms with van der Waals surface area (Å²) in [5.74, 6) is 0.922. The van der Waals surface area contributed by atoms with Gasteiger partial charge in [-0.2, -0.15) is 0 Å². The molecule has 1 aliphatic heterocycles. The molecule has 1 N–H and O–H groups in total. The number of nitrogens with zero attached hydrogens (tertiary/aromatic N) is 2. The fourth-order valence-electron chi connectivity index (χ4n) is 2.61. The molecule has 0 radical (unpaired) electrons. The average Bonchev–Trinajstić information content (AvgIpc) is 2.47. The molecule has 1 aliphatic rings. The molecule has 0 bridgehead atoms. The molecule has 0 atom stereocenters. The van der Waals surface area contributed by atoms with Crippen molar-refractivity contribution in [2.24, 2.45) is 0 Å². The molecule has 0 aliphatic carbocycles. The first-order chi connectivity index (χ1) is 9.98. The molecule has 118 valence electrons. The molecule has 1 aromatic carbocycles. The fourth-order valence-corrected chi connectivity index (χ4v) is 2.61. The summed E-state index contributed by atoms with van der Waals surface area (Å²) in [4.78, 5) is 4.99. The number of benzene rings is 1. The molecule has 4 nitrogen and oxygen atoms in total. The van der Waals surface area contributed by atoms with Crippen molar-refractivity contribution in [3.05, 3.63) is 24.3 Å². The lowest BCUT2D eigenvalue weighted by Crippen LogP contribution is -2.49. The van der Waals surface area contributed by atoms with Crippen LogP contribution in [-0.4, -0.2) is 56.8 Å². The van der Waals surface area contributed by atoms with Crippen LogP contribution in [0.2, 0.25) is 0 Å². The van der Waals surface area contributed by atoms with Gasteiger partial charge in [-0.1, -0.05) is 0 Å². The number of piperazine rings is 1. The van der Waals surface area contributed by atoms with Gasteiger partial charge in [-0.15, -0.1) is 0 Å². The Hall–Kier alpha value is -1.26. The normalized spacial score (nSPS) is 17.0. The van der Waals surface area contributed by atoms with E-state index in [2.05, 4.69) is 48.0 Å². The van der Waals surface area contributed by atoms with Gasteiger partial charge in [0.15, 0.2) is 0 Å². The molecule has 0 unspecified atom stereocenters. The second kappa shape index (κ2) is 7.14. The quantitative estimate of drug-likeness (QED) is 0.900. The summed E-state index contributed by atoms with van der Waals surface area (Å²) >= 11 is 0. The molecule has 0 amide bonds. The van der Waals surface area contributed by atoms with Crippen molar-refractivity contribution in [3.8, 4) is 5.75 Å². The summed E-state index contributed by atoms with van der Waals surface area (Å²) in [6, 6.07) is 8.37. The third-order valence-electron chi connectivity index (χ3n) is 3.89. The van der Waals surface area contributed by atoms with Crippen LogP contribution in [-0.2, 0) is 0 Å². The number of nitrogens with one attached hydrogen (secondary N) is 1. The van der Waals surface area contributed by atoms with Crippen LogP contribution in [0.5, 0.6) is 5.75 Å². The van der Waals surface area contributed by atoms with Gasteiger partial charge in [0.1, 0.15) is 5.75 Å². The highest BCUT2D eigenvalue weighted by Crippen LogP contribution is 2.20. The third kappa shape index (κ3) is 5.21. The van der Waals surface area contributed by atoms with Crippen LogP contribution in [0, 0.1) is 0 Å². The van der Waals surface area contributed by atoms with Gasteiger partial charge in [-0.25, -0.2) is 0 Å². The summed E-state index contributed by atoms with van der Waals surface area (Å²) in [5, 5.41) is 3.56. The van der Waals surface area contributed by atoms with E-state index in [0.717, 1.165) is 45.0 Å². The minimum absolute atomic E-state index is 0.213. The standard InChI is InChI=1S/C17H29N3O/c1-17(2,3)18-9-10-19-11-13-20(14-12-19)15-5-7-16(21-4)8-6-15/h5-8,18H,9-14H2,1-4H3. The molecule has 0 saturated carbocycles. The minimum Gasteiger partial charge on any atom is -0.497 e. The molecule has 1 saturated heterocycles. The van der Waals surface area contributed by atoms with E-state index in [1.165, 1.54) is 5.69 Å². The molecule has 0 spiro atoms. The Labute approximate surface area is 129 Å². The van der Waals surface area contributed by atoms with Crippen LogP contribution in [0.4, 0.5) is 5.69 Å². The first-order valence-electron chi connectivity index (χ1n) is 7.84. The lowest BCUT2D eigenvalue weighted by Gasteiger charge is -2.36. The van der Waals surface area contributed by atoms with E-state index in [4.69, 9.17) is 4.74 Å². The summed E-state index contributed by atoms with van der Waals surface area (Å²) < 4.78 is 5.21. The summed E-state index contributed by atoms with van der Waals surface area (Å²) in [5.41, 5.74) is 1.51. The van der Waals surface area contributed by atoms with Crippen molar-refractivity contribution in [1.82, 2.24) is 10.2 Å². The Morgan fingerprint density at radius 3 is 2.19 bits per heavy atom. The van der Waals surface area contributed by atoms with Crippen LogP contribution in [0.1, 0.15) is 20.8 Å².